The lowest BCUT2D eigenvalue weighted by Gasteiger charge is -2.35. The second kappa shape index (κ2) is 7.18. The fourth-order valence-corrected chi connectivity index (χ4v) is 2.90. The predicted molar refractivity (Wildman–Crippen MR) is 86.3 cm³/mol. The van der Waals surface area contributed by atoms with E-state index in [1.54, 1.807) is 24.5 Å². The van der Waals surface area contributed by atoms with Crippen LogP contribution in [0.25, 0.3) is 0 Å². The molecule has 4 heteroatoms. The summed E-state index contributed by atoms with van der Waals surface area (Å²) in [6.45, 7) is 2.04. The van der Waals surface area contributed by atoms with E-state index in [1.165, 1.54) is 19.3 Å². The van der Waals surface area contributed by atoms with E-state index in [0.29, 0.717) is 5.56 Å². The highest BCUT2D eigenvalue weighted by atomic mass is 16.1. The number of nitrogens with zero attached hydrogens (tertiary/aromatic N) is 2. The molecule has 1 atom stereocenters. The molecule has 1 unspecified atom stereocenters. The third-order valence-electron chi connectivity index (χ3n) is 4.06. The molecule has 1 aromatic heterocycles. The first-order chi connectivity index (χ1) is 10.8. The average molecular weight is 295 g/mol. The Kier molecular flexibility index (Phi) is 4.81. The molecule has 1 saturated heterocycles. The van der Waals surface area contributed by atoms with E-state index in [0.717, 1.165) is 18.7 Å². The minimum atomic E-state index is -0.0764. The van der Waals surface area contributed by atoms with Crippen molar-refractivity contribution in [2.45, 2.75) is 25.4 Å². The van der Waals surface area contributed by atoms with Crippen LogP contribution in [-0.2, 0) is 0 Å². The first-order valence-corrected chi connectivity index (χ1v) is 7.84. The third kappa shape index (κ3) is 3.52. The van der Waals surface area contributed by atoms with Gasteiger partial charge in [0.2, 0.25) is 0 Å². The quantitative estimate of drug-likeness (QED) is 0.943. The van der Waals surface area contributed by atoms with E-state index in [1.807, 2.05) is 18.2 Å². The number of carbonyl (C=O) groups excluding carboxylic acids is 1. The monoisotopic (exact) mass is 295 g/mol. The molecule has 0 bridgehead atoms. The molecule has 114 valence electrons. The van der Waals surface area contributed by atoms with Crippen molar-refractivity contribution < 1.29 is 4.79 Å². The summed E-state index contributed by atoms with van der Waals surface area (Å²) in [6.07, 6.45) is 6.85. The number of hydrogen-bond donors (Lipinski definition) is 1. The van der Waals surface area contributed by atoms with Crippen molar-refractivity contribution in [3.8, 4) is 0 Å². The maximum absolute atomic E-state index is 12.5. The maximum atomic E-state index is 12.5. The lowest BCUT2D eigenvalue weighted by molar-refractivity contribution is 0.0813. The molecule has 1 fully saturated rings. The number of benzene rings is 1. The summed E-state index contributed by atoms with van der Waals surface area (Å²) in [6, 6.07) is 13.8. The van der Waals surface area contributed by atoms with E-state index < -0.39 is 0 Å². The van der Waals surface area contributed by atoms with Gasteiger partial charge in [0, 0.05) is 25.5 Å². The summed E-state index contributed by atoms with van der Waals surface area (Å²) in [5.41, 5.74) is 1.72. The minimum absolute atomic E-state index is 0.0748. The maximum Gasteiger partial charge on any atom is 0.254 e. The molecule has 2 heterocycles. The average Bonchev–Trinajstić information content (AvgIpc) is 2.62. The van der Waals surface area contributed by atoms with E-state index in [2.05, 4.69) is 27.3 Å². The molecular formula is C18H21N3O. The van der Waals surface area contributed by atoms with Crippen LogP contribution in [0, 0.1) is 0 Å². The second-order valence-electron chi connectivity index (χ2n) is 5.63. The Morgan fingerprint density at radius 3 is 2.50 bits per heavy atom. The highest BCUT2D eigenvalue weighted by Gasteiger charge is 2.24. The van der Waals surface area contributed by atoms with Gasteiger partial charge in [-0.3, -0.25) is 14.7 Å². The van der Waals surface area contributed by atoms with Crippen LogP contribution in [0.15, 0.2) is 54.9 Å². The Balaban J connectivity index is 1.81. The fraction of sp³-hybridized carbons (Fsp3) is 0.333. The predicted octanol–water partition coefficient (Wildman–Crippen LogP) is 3.00. The standard InChI is InChI=1S/C18H21N3O/c22-18(16-10-7-11-19-14-16)20-17(15-8-3-1-4-9-15)21-12-5-2-6-13-21/h1,3-4,7-11,14,17H,2,5-6,12-13H2,(H,20,22). The molecule has 1 aliphatic rings. The topological polar surface area (TPSA) is 45.2 Å². The van der Waals surface area contributed by atoms with Crippen LogP contribution < -0.4 is 5.32 Å². The van der Waals surface area contributed by atoms with E-state index in [9.17, 15) is 4.79 Å². The smallest absolute Gasteiger partial charge is 0.254 e. The largest absolute Gasteiger partial charge is 0.332 e. The van der Waals surface area contributed by atoms with Crippen LogP contribution >= 0.6 is 0 Å². The number of nitrogens with one attached hydrogen (secondary N) is 1. The molecule has 0 spiro atoms. The number of hydrogen-bond acceptors (Lipinski definition) is 3. The van der Waals surface area contributed by atoms with Gasteiger partial charge in [0.1, 0.15) is 6.17 Å². The van der Waals surface area contributed by atoms with Gasteiger partial charge in [0.05, 0.1) is 5.56 Å². The number of aromatic nitrogens is 1. The second-order valence-corrected chi connectivity index (χ2v) is 5.63. The molecular weight excluding hydrogens is 274 g/mol. The minimum Gasteiger partial charge on any atom is -0.332 e. The van der Waals surface area contributed by atoms with E-state index >= 15 is 0 Å². The first-order valence-electron chi connectivity index (χ1n) is 7.84. The van der Waals surface area contributed by atoms with Gasteiger partial charge >= 0.3 is 0 Å². The van der Waals surface area contributed by atoms with Crippen LogP contribution in [0.2, 0.25) is 0 Å². The molecule has 4 nitrogen and oxygen atoms in total. The Hall–Kier alpha value is -2.20. The SMILES string of the molecule is O=C(NC(c1ccccc1)N1CCCCC1)c1cccnc1. The van der Waals surface area contributed by atoms with Crippen molar-refractivity contribution in [2.75, 3.05) is 13.1 Å². The molecule has 22 heavy (non-hydrogen) atoms. The zero-order chi connectivity index (χ0) is 15.2. The number of likely N-dealkylation sites (tertiary alicyclic amines) is 1. The van der Waals surface area contributed by atoms with Gasteiger partial charge in [0.15, 0.2) is 0 Å². The number of amides is 1. The van der Waals surface area contributed by atoms with Gasteiger partial charge in [0.25, 0.3) is 5.91 Å². The lowest BCUT2D eigenvalue weighted by atomic mass is 10.1. The van der Waals surface area contributed by atoms with Crippen molar-refractivity contribution >= 4 is 5.91 Å². The van der Waals surface area contributed by atoms with Gasteiger partial charge in [-0.1, -0.05) is 36.8 Å². The van der Waals surface area contributed by atoms with Gasteiger partial charge < -0.3 is 5.32 Å². The Bertz CT molecular complexity index is 594. The van der Waals surface area contributed by atoms with Crippen LogP contribution in [0.3, 0.4) is 0 Å². The molecule has 0 saturated carbocycles. The van der Waals surface area contributed by atoms with E-state index in [-0.39, 0.29) is 12.1 Å². The number of rotatable bonds is 4. The molecule has 3 rings (SSSR count). The van der Waals surface area contributed by atoms with Crippen LogP contribution in [0.5, 0.6) is 0 Å². The van der Waals surface area contributed by atoms with Gasteiger partial charge in [-0.25, -0.2) is 0 Å². The molecule has 0 radical (unpaired) electrons. The van der Waals surface area contributed by atoms with Crippen molar-refractivity contribution in [1.82, 2.24) is 15.2 Å². The van der Waals surface area contributed by atoms with Gasteiger partial charge in [-0.05, 0) is 30.5 Å². The normalized spacial score (nSPS) is 16.9. The Morgan fingerprint density at radius 2 is 1.82 bits per heavy atom. The van der Waals surface area contributed by atoms with E-state index in [4.69, 9.17) is 0 Å². The Labute approximate surface area is 131 Å². The summed E-state index contributed by atoms with van der Waals surface area (Å²) in [4.78, 5) is 18.9. The zero-order valence-electron chi connectivity index (χ0n) is 12.6. The highest BCUT2D eigenvalue weighted by Crippen LogP contribution is 2.22. The first kappa shape index (κ1) is 14.7. The Morgan fingerprint density at radius 1 is 1.05 bits per heavy atom. The van der Waals surface area contributed by atoms with Crippen LogP contribution in [0.1, 0.15) is 41.3 Å². The molecule has 1 aliphatic heterocycles. The van der Waals surface area contributed by atoms with Crippen molar-refractivity contribution in [3.63, 3.8) is 0 Å². The van der Waals surface area contributed by atoms with Crippen molar-refractivity contribution in [2.24, 2.45) is 0 Å². The summed E-state index contributed by atoms with van der Waals surface area (Å²) >= 11 is 0. The van der Waals surface area contributed by atoms with Crippen molar-refractivity contribution in [1.29, 1.82) is 0 Å². The summed E-state index contributed by atoms with van der Waals surface area (Å²) in [5.74, 6) is -0.0764. The summed E-state index contributed by atoms with van der Waals surface area (Å²) in [5, 5.41) is 3.17. The van der Waals surface area contributed by atoms with Crippen LogP contribution in [0.4, 0.5) is 0 Å². The number of piperidine rings is 1. The number of pyridine rings is 1. The van der Waals surface area contributed by atoms with Crippen molar-refractivity contribution in [3.05, 3.63) is 66.0 Å². The zero-order valence-corrected chi connectivity index (χ0v) is 12.6. The lowest BCUT2D eigenvalue weighted by Crippen LogP contribution is -2.43. The molecule has 2 aromatic rings. The molecule has 1 N–H and O–H groups in total. The van der Waals surface area contributed by atoms with Crippen LogP contribution in [-0.4, -0.2) is 28.9 Å². The molecule has 0 aliphatic carbocycles. The summed E-state index contributed by atoms with van der Waals surface area (Å²) < 4.78 is 0. The van der Waals surface area contributed by atoms with Gasteiger partial charge in [-0.15, -0.1) is 0 Å². The van der Waals surface area contributed by atoms with Gasteiger partial charge in [-0.2, -0.15) is 0 Å². The molecule has 1 amide bonds. The fourth-order valence-electron chi connectivity index (χ4n) is 2.90. The summed E-state index contributed by atoms with van der Waals surface area (Å²) in [7, 11) is 0. The molecule has 1 aromatic carbocycles. The third-order valence-corrected chi connectivity index (χ3v) is 4.06. The number of carbonyl (C=O) groups is 1. The highest BCUT2D eigenvalue weighted by molar-refractivity contribution is 5.94.